The summed E-state index contributed by atoms with van der Waals surface area (Å²) in [5, 5.41) is 2.51. The lowest BCUT2D eigenvalue weighted by Crippen LogP contribution is -2.37. The van der Waals surface area contributed by atoms with Crippen LogP contribution in [0.3, 0.4) is 0 Å². The second-order valence-corrected chi connectivity index (χ2v) is 9.79. The molecule has 3 amide bonds. The molecular weight excluding hydrogens is 472 g/mol. The average molecular weight is 495 g/mol. The van der Waals surface area contributed by atoms with Gasteiger partial charge in [0.15, 0.2) is 11.5 Å². The van der Waals surface area contributed by atoms with Gasteiger partial charge in [0, 0.05) is 6.26 Å². The fourth-order valence-corrected chi connectivity index (χ4v) is 4.63. The molecule has 0 fully saturated rings. The molecule has 1 heterocycles. The lowest BCUT2D eigenvalue weighted by Gasteiger charge is -2.27. The van der Waals surface area contributed by atoms with Gasteiger partial charge in [0.1, 0.15) is 15.7 Å². The highest BCUT2D eigenvalue weighted by Gasteiger charge is 2.43. The van der Waals surface area contributed by atoms with Crippen molar-refractivity contribution in [1.82, 2.24) is 4.90 Å². The van der Waals surface area contributed by atoms with Crippen LogP contribution in [0.25, 0.3) is 0 Å². The largest absolute Gasteiger partial charge is 0.493 e. The summed E-state index contributed by atoms with van der Waals surface area (Å²) in [5.41, 5.74) is 0.551. The molecule has 1 atom stereocenters. The molecule has 2 aromatic carbocycles. The minimum Gasteiger partial charge on any atom is -0.493 e. The Hall–Kier alpha value is -3.11. The molecule has 2 aromatic rings. The van der Waals surface area contributed by atoms with E-state index in [0.29, 0.717) is 23.7 Å². The van der Waals surface area contributed by atoms with Gasteiger partial charge in [-0.2, -0.15) is 0 Å². The second kappa shape index (κ2) is 9.80. The number of ether oxygens (including phenoxy) is 2. The zero-order valence-corrected chi connectivity index (χ0v) is 19.8. The van der Waals surface area contributed by atoms with E-state index in [2.05, 4.69) is 5.32 Å². The number of hydrogen-bond donors (Lipinski definition) is 1. The van der Waals surface area contributed by atoms with E-state index in [1.165, 1.54) is 25.3 Å². The van der Waals surface area contributed by atoms with E-state index in [1.54, 1.807) is 25.1 Å². The molecule has 1 aliphatic rings. The summed E-state index contributed by atoms with van der Waals surface area (Å²) in [6, 6.07) is 8.03. The normalized spacial score (nSPS) is 14.1. The molecule has 33 heavy (non-hydrogen) atoms. The Balaban J connectivity index is 2.12. The summed E-state index contributed by atoms with van der Waals surface area (Å²) in [6.07, 6.45) is 1.03. The first kappa shape index (κ1) is 24.5. The molecule has 0 radical (unpaired) electrons. The van der Waals surface area contributed by atoms with Gasteiger partial charge in [-0.15, -0.1) is 11.6 Å². The number of imide groups is 1. The molecular formula is C22H23ClN2O7S. The number of halogens is 1. The Morgan fingerprint density at radius 1 is 1.15 bits per heavy atom. The maximum atomic E-state index is 13.4. The van der Waals surface area contributed by atoms with Crippen molar-refractivity contribution in [3.63, 3.8) is 0 Å². The summed E-state index contributed by atoms with van der Waals surface area (Å²) in [6.45, 7) is 2.11. The molecule has 176 valence electrons. The van der Waals surface area contributed by atoms with E-state index in [9.17, 15) is 22.8 Å². The van der Waals surface area contributed by atoms with Crippen molar-refractivity contribution in [2.24, 2.45) is 0 Å². The number of carbonyl (C=O) groups is 3. The van der Waals surface area contributed by atoms with Crippen LogP contribution < -0.4 is 14.8 Å². The van der Waals surface area contributed by atoms with E-state index in [-0.39, 0.29) is 22.7 Å². The van der Waals surface area contributed by atoms with Crippen LogP contribution in [0.4, 0.5) is 5.69 Å². The molecule has 1 N–H and O–H groups in total. The van der Waals surface area contributed by atoms with Crippen LogP contribution in [0, 0.1) is 0 Å². The second-order valence-electron chi connectivity index (χ2n) is 7.34. The van der Waals surface area contributed by atoms with Crippen LogP contribution in [0.5, 0.6) is 11.5 Å². The van der Waals surface area contributed by atoms with Crippen molar-refractivity contribution in [3.05, 3.63) is 53.1 Å². The standard InChI is InChI=1S/C22H23ClN2O7S/c1-4-32-18-10-13(8-9-17(18)31-2)16(12-33(3,29)30)25-21(27)14-6-5-7-15(20(14)22(25)28)24-19(26)11-23/h5-10,16H,4,11-12H2,1-3H3,(H,24,26). The van der Waals surface area contributed by atoms with Gasteiger partial charge in [-0.05, 0) is 36.8 Å². The molecule has 1 aliphatic heterocycles. The number of alkyl halides is 1. The highest BCUT2D eigenvalue weighted by Crippen LogP contribution is 2.38. The third-order valence-electron chi connectivity index (χ3n) is 4.99. The number of benzene rings is 2. The molecule has 3 rings (SSSR count). The summed E-state index contributed by atoms with van der Waals surface area (Å²) >= 11 is 5.55. The maximum Gasteiger partial charge on any atom is 0.264 e. The summed E-state index contributed by atoms with van der Waals surface area (Å²) in [4.78, 5) is 39.4. The fraction of sp³-hybridized carbons (Fsp3) is 0.318. The van der Waals surface area contributed by atoms with Crippen LogP contribution in [0.2, 0.25) is 0 Å². The number of fused-ring (bicyclic) bond motifs is 1. The zero-order valence-electron chi connectivity index (χ0n) is 18.3. The Kier molecular flexibility index (Phi) is 7.28. The first-order valence-corrected chi connectivity index (χ1v) is 12.6. The zero-order chi connectivity index (χ0) is 24.3. The lowest BCUT2D eigenvalue weighted by atomic mass is 10.1. The highest BCUT2D eigenvalue weighted by atomic mass is 35.5. The Labute approximate surface area is 196 Å². The van der Waals surface area contributed by atoms with Gasteiger partial charge < -0.3 is 14.8 Å². The molecule has 0 aromatic heterocycles. The Morgan fingerprint density at radius 2 is 1.88 bits per heavy atom. The fourth-order valence-electron chi connectivity index (χ4n) is 3.65. The highest BCUT2D eigenvalue weighted by molar-refractivity contribution is 7.90. The summed E-state index contributed by atoms with van der Waals surface area (Å²) < 4.78 is 35.4. The van der Waals surface area contributed by atoms with Crippen molar-refractivity contribution in [3.8, 4) is 11.5 Å². The van der Waals surface area contributed by atoms with Crippen molar-refractivity contribution >= 4 is 44.8 Å². The number of hydrogen-bond acceptors (Lipinski definition) is 7. The molecule has 0 aliphatic carbocycles. The predicted molar refractivity (Wildman–Crippen MR) is 123 cm³/mol. The molecule has 0 spiro atoms. The van der Waals surface area contributed by atoms with Crippen molar-refractivity contribution in [2.75, 3.05) is 36.9 Å². The SMILES string of the molecule is CCOc1cc(C(CS(C)(=O)=O)N2C(=O)c3cccc(NC(=O)CCl)c3C2=O)ccc1OC. The van der Waals surface area contributed by atoms with Crippen LogP contribution in [0.15, 0.2) is 36.4 Å². The van der Waals surface area contributed by atoms with Gasteiger partial charge in [-0.1, -0.05) is 12.1 Å². The Morgan fingerprint density at radius 3 is 2.48 bits per heavy atom. The predicted octanol–water partition coefficient (Wildman–Crippen LogP) is 2.65. The molecule has 11 heteroatoms. The van der Waals surface area contributed by atoms with E-state index in [4.69, 9.17) is 21.1 Å². The van der Waals surface area contributed by atoms with Crippen molar-refractivity contribution < 1.29 is 32.3 Å². The molecule has 0 bridgehead atoms. The Bertz CT molecular complexity index is 1210. The minimum absolute atomic E-state index is 0.0157. The molecule has 0 saturated carbocycles. The number of rotatable bonds is 9. The maximum absolute atomic E-state index is 13.4. The van der Waals surface area contributed by atoms with Crippen LogP contribution in [0.1, 0.15) is 39.2 Å². The number of nitrogens with zero attached hydrogens (tertiary/aromatic N) is 1. The molecule has 1 unspecified atom stereocenters. The topological polar surface area (TPSA) is 119 Å². The van der Waals surface area contributed by atoms with Gasteiger partial charge in [0.05, 0.1) is 42.3 Å². The van der Waals surface area contributed by atoms with Gasteiger partial charge in [0.2, 0.25) is 5.91 Å². The first-order valence-electron chi connectivity index (χ1n) is 9.96. The quantitative estimate of drug-likeness (QED) is 0.420. The molecule has 9 nitrogen and oxygen atoms in total. The first-order chi connectivity index (χ1) is 15.6. The smallest absolute Gasteiger partial charge is 0.264 e. The molecule has 0 saturated heterocycles. The minimum atomic E-state index is -3.62. The van der Waals surface area contributed by atoms with E-state index < -0.39 is 39.4 Å². The monoisotopic (exact) mass is 494 g/mol. The number of carbonyl (C=O) groups excluding carboxylic acids is 3. The summed E-state index contributed by atoms with van der Waals surface area (Å²) in [7, 11) is -2.16. The van der Waals surface area contributed by atoms with E-state index in [0.717, 1.165) is 11.2 Å². The third-order valence-corrected chi connectivity index (χ3v) is 6.15. The van der Waals surface area contributed by atoms with Crippen molar-refractivity contribution in [1.29, 1.82) is 0 Å². The van der Waals surface area contributed by atoms with Crippen LogP contribution in [-0.2, 0) is 14.6 Å². The van der Waals surface area contributed by atoms with Gasteiger partial charge in [-0.3, -0.25) is 19.3 Å². The number of methoxy groups -OCH3 is 1. The lowest BCUT2D eigenvalue weighted by molar-refractivity contribution is -0.113. The van der Waals surface area contributed by atoms with Gasteiger partial charge >= 0.3 is 0 Å². The third kappa shape index (κ3) is 5.12. The number of sulfone groups is 1. The number of nitrogens with one attached hydrogen (secondary N) is 1. The van der Waals surface area contributed by atoms with Gasteiger partial charge in [-0.25, -0.2) is 8.42 Å². The van der Waals surface area contributed by atoms with Crippen LogP contribution in [-0.4, -0.2) is 62.6 Å². The van der Waals surface area contributed by atoms with Gasteiger partial charge in [0.25, 0.3) is 11.8 Å². The number of anilines is 1. The average Bonchev–Trinajstić information content (AvgIpc) is 3.02. The van der Waals surface area contributed by atoms with E-state index in [1.807, 2.05) is 0 Å². The summed E-state index contributed by atoms with van der Waals surface area (Å²) in [5.74, 6) is -2.00. The van der Waals surface area contributed by atoms with Crippen molar-refractivity contribution in [2.45, 2.75) is 13.0 Å². The number of amides is 3. The van der Waals surface area contributed by atoms with Crippen LogP contribution >= 0.6 is 11.6 Å². The van der Waals surface area contributed by atoms with E-state index >= 15 is 0 Å².